The molecule has 1 aliphatic carbocycles. The van der Waals surface area contributed by atoms with E-state index >= 15 is 0 Å². The van der Waals surface area contributed by atoms with Crippen LogP contribution in [0.2, 0.25) is 0 Å². The zero-order valence-corrected chi connectivity index (χ0v) is 14.1. The summed E-state index contributed by atoms with van der Waals surface area (Å²) in [4.78, 5) is 4.71. The van der Waals surface area contributed by atoms with Crippen LogP contribution in [0, 0.1) is 5.92 Å². The molecule has 0 saturated heterocycles. The van der Waals surface area contributed by atoms with E-state index < -0.39 is 0 Å². The Morgan fingerprint density at radius 1 is 1.27 bits per heavy atom. The van der Waals surface area contributed by atoms with E-state index in [1.54, 1.807) is 7.11 Å². The van der Waals surface area contributed by atoms with Gasteiger partial charge in [-0.2, -0.15) is 0 Å². The van der Waals surface area contributed by atoms with Gasteiger partial charge in [0.25, 0.3) is 0 Å². The van der Waals surface area contributed by atoms with Gasteiger partial charge in [-0.15, -0.1) is 0 Å². The van der Waals surface area contributed by atoms with Gasteiger partial charge in [0, 0.05) is 12.6 Å². The van der Waals surface area contributed by atoms with Crippen LogP contribution in [0.4, 0.5) is 0 Å². The van der Waals surface area contributed by atoms with E-state index in [2.05, 4.69) is 30.5 Å². The summed E-state index contributed by atoms with van der Waals surface area (Å²) in [5.74, 6) is 2.67. The molecule has 1 fully saturated rings. The lowest BCUT2D eigenvalue weighted by Gasteiger charge is -2.28. The molecule has 0 spiro atoms. The standard InChI is InChI=1S/C18H29N3O/c1-4-19-18(21-16-10-8-14(2)9-11-16)20-13-15-6-5-7-17(12-15)22-3/h5-7,12,14,16H,4,8-11,13H2,1-3H3,(H2,19,20,21). The van der Waals surface area contributed by atoms with E-state index in [0.29, 0.717) is 12.6 Å². The molecule has 0 aliphatic heterocycles. The van der Waals surface area contributed by atoms with E-state index in [0.717, 1.165) is 29.7 Å². The summed E-state index contributed by atoms with van der Waals surface area (Å²) in [5.41, 5.74) is 1.16. The number of hydrogen-bond acceptors (Lipinski definition) is 2. The number of nitrogens with one attached hydrogen (secondary N) is 2. The molecular formula is C18H29N3O. The molecular weight excluding hydrogens is 274 g/mol. The van der Waals surface area contributed by atoms with Crippen LogP contribution in [0.1, 0.15) is 45.1 Å². The van der Waals surface area contributed by atoms with Gasteiger partial charge in [0.05, 0.1) is 13.7 Å². The second-order valence-corrected chi connectivity index (χ2v) is 6.15. The predicted octanol–water partition coefficient (Wildman–Crippen LogP) is 3.33. The van der Waals surface area contributed by atoms with Crippen molar-refractivity contribution in [2.24, 2.45) is 10.9 Å². The molecule has 0 heterocycles. The van der Waals surface area contributed by atoms with Gasteiger partial charge in [-0.05, 0) is 56.2 Å². The maximum absolute atomic E-state index is 5.26. The van der Waals surface area contributed by atoms with Gasteiger partial charge in [-0.3, -0.25) is 0 Å². The minimum Gasteiger partial charge on any atom is -0.497 e. The van der Waals surface area contributed by atoms with E-state index in [1.165, 1.54) is 25.7 Å². The minimum atomic E-state index is 0.555. The monoisotopic (exact) mass is 303 g/mol. The Balaban J connectivity index is 1.94. The SMILES string of the molecule is CCNC(=NCc1cccc(OC)c1)NC1CCC(C)CC1. The molecule has 2 rings (SSSR count). The molecule has 0 atom stereocenters. The lowest BCUT2D eigenvalue weighted by atomic mass is 9.87. The summed E-state index contributed by atoms with van der Waals surface area (Å²) in [6.07, 6.45) is 5.11. The first-order chi connectivity index (χ1) is 10.7. The van der Waals surface area contributed by atoms with E-state index in [1.807, 2.05) is 18.2 Å². The van der Waals surface area contributed by atoms with Crippen molar-refractivity contribution in [3.05, 3.63) is 29.8 Å². The van der Waals surface area contributed by atoms with Crippen LogP contribution in [0.3, 0.4) is 0 Å². The minimum absolute atomic E-state index is 0.555. The zero-order valence-electron chi connectivity index (χ0n) is 14.1. The highest BCUT2D eigenvalue weighted by molar-refractivity contribution is 5.80. The van der Waals surface area contributed by atoms with Crippen LogP contribution in [0.25, 0.3) is 0 Å². The van der Waals surface area contributed by atoms with Crippen molar-refractivity contribution in [3.8, 4) is 5.75 Å². The van der Waals surface area contributed by atoms with Gasteiger partial charge in [-0.1, -0.05) is 19.1 Å². The quantitative estimate of drug-likeness (QED) is 0.648. The summed E-state index contributed by atoms with van der Waals surface area (Å²) in [5, 5.41) is 6.93. The maximum atomic E-state index is 5.26. The normalized spacial score (nSPS) is 22.2. The average molecular weight is 303 g/mol. The van der Waals surface area contributed by atoms with Crippen molar-refractivity contribution in [1.29, 1.82) is 0 Å². The number of nitrogens with zero attached hydrogens (tertiary/aromatic N) is 1. The second kappa shape index (κ2) is 8.66. The number of hydrogen-bond donors (Lipinski definition) is 2. The Kier molecular flexibility index (Phi) is 6.56. The molecule has 0 radical (unpaired) electrons. The Bertz CT molecular complexity index is 479. The van der Waals surface area contributed by atoms with Crippen molar-refractivity contribution in [1.82, 2.24) is 10.6 Å². The number of rotatable bonds is 5. The van der Waals surface area contributed by atoms with Crippen molar-refractivity contribution >= 4 is 5.96 Å². The fourth-order valence-electron chi connectivity index (χ4n) is 2.86. The number of guanidine groups is 1. The third-order valence-corrected chi connectivity index (χ3v) is 4.25. The van der Waals surface area contributed by atoms with Crippen LogP contribution in [0.15, 0.2) is 29.3 Å². The van der Waals surface area contributed by atoms with E-state index in [-0.39, 0.29) is 0 Å². The molecule has 22 heavy (non-hydrogen) atoms. The van der Waals surface area contributed by atoms with Gasteiger partial charge in [0.2, 0.25) is 0 Å². The molecule has 4 nitrogen and oxygen atoms in total. The highest BCUT2D eigenvalue weighted by atomic mass is 16.5. The summed E-state index contributed by atoms with van der Waals surface area (Å²) < 4.78 is 5.26. The molecule has 0 aromatic heterocycles. The predicted molar refractivity (Wildman–Crippen MR) is 92.4 cm³/mol. The largest absolute Gasteiger partial charge is 0.497 e. The molecule has 122 valence electrons. The van der Waals surface area contributed by atoms with Crippen molar-refractivity contribution in [2.75, 3.05) is 13.7 Å². The number of ether oxygens (including phenoxy) is 1. The lowest BCUT2D eigenvalue weighted by molar-refractivity contribution is 0.329. The Hall–Kier alpha value is -1.71. The number of methoxy groups -OCH3 is 1. The number of benzene rings is 1. The molecule has 0 amide bonds. The van der Waals surface area contributed by atoms with Crippen LogP contribution in [-0.4, -0.2) is 25.7 Å². The van der Waals surface area contributed by atoms with Crippen molar-refractivity contribution in [3.63, 3.8) is 0 Å². The molecule has 1 saturated carbocycles. The smallest absolute Gasteiger partial charge is 0.191 e. The first-order valence-electron chi connectivity index (χ1n) is 8.39. The van der Waals surface area contributed by atoms with Crippen LogP contribution in [0.5, 0.6) is 5.75 Å². The summed E-state index contributed by atoms with van der Waals surface area (Å²) in [6.45, 7) is 5.99. The average Bonchev–Trinajstić information content (AvgIpc) is 2.55. The summed E-state index contributed by atoms with van der Waals surface area (Å²) in [6, 6.07) is 8.64. The van der Waals surface area contributed by atoms with Gasteiger partial charge in [0.15, 0.2) is 5.96 Å². The molecule has 1 aliphatic rings. The van der Waals surface area contributed by atoms with Crippen LogP contribution < -0.4 is 15.4 Å². The Labute approximate surface area is 134 Å². The van der Waals surface area contributed by atoms with Crippen LogP contribution in [-0.2, 0) is 6.54 Å². The molecule has 1 aromatic carbocycles. The van der Waals surface area contributed by atoms with Crippen molar-refractivity contribution in [2.45, 2.75) is 52.1 Å². The van der Waals surface area contributed by atoms with Crippen molar-refractivity contribution < 1.29 is 4.74 Å². The maximum Gasteiger partial charge on any atom is 0.191 e. The summed E-state index contributed by atoms with van der Waals surface area (Å²) in [7, 11) is 1.69. The fraction of sp³-hybridized carbons (Fsp3) is 0.611. The zero-order chi connectivity index (χ0) is 15.8. The van der Waals surface area contributed by atoms with Gasteiger partial charge < -0.3 is 15.4 Å². The summed E-state index contributed by atoms with van der Waals surface area (Å²) >= 11 is 0. The fourth-order valence-corrected chi connectivity index (χ4v) is 2.86. The lowest BCUT2D eigenvalue weighted by Crippen LogP contribution is -2.44. The third kappa shape index (κ3) is 5.24. The second-order valence-electron chi connectivity index (χ2n) is 6.15. The van der Waals surface area contributed by atoms with Gasteiger partial charge in [-0.25, -0.2) is 4.99 Å². The Morgan fingerprint density at radius 2 is 2.05 bits per heavy atom. The van der Waals surface area contributed by atoms with E-state index in [4.69, 9.17) is 9.73 Å². The van der Waals surface area contributed by atoms with Gasteiger partial charge in [0.1, 0.15) is 5.75 Å². The van der Waals surface area contributed by atoms with Crippen LogP contribution >= 0.6 is 0 Å². The van der Waals surface area contributed by atoms with E-state index in [9.17, 15) is 0 Å². The molecule has 0 bridgehead atoms. The highest BCUT2D eigenvalue weighted by Gasteiger charge is 2.18. The molecule has 4 heteroatoms. The third-order valence-electron chi connectivity index (χ3n) is 4.25. The molecule has 1 aromatic rings. The Morgan fingerprint density at radius 3 is 2.73 bits per heavy atom. The number of aliphatic imine (C=N–C) groups is 1. The first kappa shape index (κ1) is 16.7. The molecule has 2 N–H and O–H groups in total. The highest BCUT2D eigenvalue weighted by Crippen LogP contribution is 2.23. The topological polar surface area (TPSA) is 45.7 Å². The first-order valence-corrected chi connectivity index (χ1v) is 8.39. The molecule has 0 unspecified atom stereocenters. The van der Waals surface area contributed by atoms with Gasteiger partial charge >= 0.3 is 0 Å².